The Bertz CT molecular complexity index is 1170. The van der Waals surface area contributed by atoms with Gasteiger partial charge in [-0.1, -0.05) is 12.1 Å². The number of methoxy groups -OCH3 is 2. The van der Waals surface area contributed by atoms with E-state index in [2.05, 4.69) is 16.0 Å². The van der Waals surface area contributed by atoms with Gasteiger partial charge in [0.25, 0.3) is 5.91 Å². The van der Waals surface area contributed by atoms with Crippen LogP contribution in [0, 0.1) is 5.92 Å². The number of carbonyl (C=O) groups is 3. The fourth-order valence-electron chi connectivity index (χ4n) is 4.60. The Morgan fingerprint density at radius 3 is 2.56 bits per heavy atom. The van der Waals surface area contributed by atoms with E-state index in [4.69, 9.17) is 18.9 Å². The molecule has 3 amide bonds. The average molecular weight is 571 g/mol. The quantitative estimate of drug-likeness (QED) is 0.295. The summed E-state index contributed by atoms with van der Waals surface area (Å²) >= 11 is 0. The number of hydrogen-bond donors (Lipinski definition) is 3. The number of nitrogens with zero attached hydrogens (tertiary/aromatic N) is 1. The molecule has 3 rings (SSSR count). The minimum Gasteiger partial charge on any atom is -0.493 e. The van der Waals surface area contributed by atoms with Gasteiger partial charge in [0.2, 0.25) is 5.91 Å². The van der Waals surface area contributed by atoms with Crippen LogP contribution in [0.2, 0.25) is 0 Å². The van der Waals surface area contributed by atoms with Gasteiger partial charge < -0.3 is 39.8 Å². The van der Waals surface area contributed by atoms with Crippen molar-refractivity contribution < 1.29 is 33.3 Å². The lowest BCUT2D eigenvalue weighted by Gasteiger charge is -2.31. The Morgan fingerprint density at radius 1 is 1.05 bits per heavy atom. The standard InChI is InChI=1S/C30H42N4O7/c1-20(2)34(29(36)23-10-11-26(39-5)27(15-23)40-13-7-12-38-4)19-24-17-31-18-28(24)41-30(37)32-16-22-8-6-9-25(14-22)33-21(3)35/h6,8-11,14-15,20,24,28,31H,7,12-13,16-19H2,1-5H3,(H,32,37)(H,33,35)/t24-,28-/m1/s1. The van der Waals surface area contributed by atoms with Gasteiger partial charge in [0, 0.05) is 76.5 Å². The summed E-state index contributed by atoms with van der Waals surface area (Å²) in [6, 6.07) is 12.3. The molecular weight excluding hydrogens is 528 g/mol. The van der Waals surface area contributed by atoms with Gasteiger partial charge in [0.05, 0.1) is 13.7 Å². The Kier molecular flexibility index (Phi) is 12.2. The largest absolute Gasteiger partial charge is 0.493 e. The van der Waals surface area contributed by atoms with Crippen LogP contribution in [0.5, 0.6) is 11.5 Å². The number of hydrogen-bond acceptors (Lipinski definition) is 8. The third-order valence-electron chi connectivity index (χ3n) is 6.70. The van der Waals surface area contributed by atoms with E-state index in [1.807, 2.05) is 19.9 Å². The Hall–Kier alpha value is -3.83. The summed E-state index contributed by atoms with van der Waals surface area (Å²) in [5.41, 5.74) is 1.97. The summed E-state index contributed by atoms with van der Waals surface area (Å²) in [7, 11) is 3.20. The first kappa shape index (κ1) is 31.7. The number of ether oxygens (including phenoxy) is 4. The van der Waals surface area contributed by atoms with Crippen LogP contribution in [0.25, 0.3) is 0 Å². The van der Waals surface area contributed by atoms with Gasteiger partial charge in [-0.15, -0.1) is 0 Å². The second kappa shape index (κ2) is 15.8. The van der Waals surface area contributed by atoms with Crippen LogP contribution in [0.1, 0.15) is 43.1 Å². The zero-order chi connectivity index (χ0) is 29.8. The van der Waals surface area contributed by atoms with Crippen LogP contribution in [-0.2, 0) is 20.8 Å². The maximum absolute atomic E-state index is 13.6. The van der Waals surface area contributed by atoms with E-state index in [1.165, 1.54) is 6.92 Å². The second-order valence-electron chi connectivity index (χ2n) is 10.2. The number of amides is 3. The van der Waals surface area contributed by atoms with Crippen LogP contribution in [-0.4, -0.2) is 82.0 Å². The van der Waals surface area contributed by atoms with Crippen molar-refractivity contribution in [2.75, 3.05) is 52.4 Å². The van der Waals surface area contributed by atoms with E-state index in [0.29, 0.717) is 62.0 Å². The molecule has 0 bridgehead atoms. The number of nitrogens with one attached hydrogen (secondary N) is 3. The summed E-state index contributed by atoms with van der Waals surface area (Å²) in [5.74, 6) is 0.663. The SMILES string of the molecule is COCCCOc1cc(C(=O)N(C[C@H]2CNC[C@H]2OC(=O)NCc2cccc(NC(C)=O)c2)C(C)C)ccc1OC. The zero-order valence-electron chi connectivity index (χ0n) is 24.5. The lowest BCUT2D eigenvalue weighted by Crippen LogP contribution is -2.44. The van der Waals surface area contributed by atoms with Crippen molar-refractivity contribution >= 4 is 23.6 Å². The number of alkyl carbamates (subject to hydrolysis) is 1. The van der Waals surface area contributed by atoms with E-state index < -0.39 is 12.2 Å². The summed E-state index contributed by atoms with van der Waals surface area (Å²) in [6.07, 6.45) is -0.227. The first-order valence-electron chi connectivity index (χ1n) is 13.8. The van der Waals surface area contributed by atoms with Crippen LogP contribution in [0.3, 0.4) is 0 Å². The zero-order valence-corrected chi connectivity index (χ0v) is 24.5. The predicted molar refractivity (Wildman–Crippen MR) is 155 cm³/mol. The molecule has 11 heteroatoms. The molecule has 3 N–H and O–H groups in total. The van der Waals surface area contributed by atoms with Crippen LogP contribution < -0.4 is 25.4 Å². The van der Waals surface area contributed by atoms with Gasteiger partial charge in [-0.3, -0.25) is 9.59 Å². The molecule has 2 atom stereocenters. The number of rotatable bonds is 14. The first-order valence-corrected chi connectivity index (χ1v) is 13.8. The first-order chi connectivity index (χ1) is 19.7. The molecule has 1 aliphatic rings. The molecule has 2 aromatic rings. The summed E-state index contributed by atoms with van der Waals surface area (Å²) < 4.78 is 22.1. The van der Waals surface area contributed by atoms with Crippen LogP contribution >= 0.6 is 0 Å². The molecule has 1 aliphatic heterocycles. The predicted octanol–water partition coefficient (Wildman–Crippen LogP) is 3.43. The molecule has 0 saturated carbocycles. The van der Waals surface area contributed by atoms with Gasteiger partial charge >= 0.3 is 6.09 Å². The lowest BCUT2D eigenvalue weighted by atomic mass is 10.0. The number of benzene rings is 2. The highest BCUT2D eigenvalue weighted by molar-refractivity contribution is 5.95. The molecule has 0 spiro atoms. The molecule has 0 unspecified atom stereocenters. The smallest absolute Gasteiger partial charge is 0.407 e. The van der Waals surface area contributed by atoms with Gasteiger partial charge in [0.15, 0.2) is 11.5 Å². The van der Waals surface area contributed by atoms with E-state index in [0.717, 1.165) is 5.56 Å². The molecule has 2 aromatic carbocycles. The topological polar surface area (TPSA) is 127 Å². The van der Waals surface area contributed by atoms with Crippen molar-refractivity contribution in [1.29, 1.82) is 0 Å². The van der Waals surface area contributed by atoms with Crippen molar-refractivity contribution in [3.8, 4) is 11.5 Å². The lowest BCUT2D eigenvalue weighted by molar-refractivity contribution is -0.114. The maximum atomic E-state index is 13.6. The molecule has 0 radical (unpaired) electrons. The van der Waals surface area contributed by atoms with Crippen molar-refractivity contribution in [3.63, 3.8) is 0 Å². The van der Waals surface area contributed by atoms with E-state index in [9.17, 15) is 14.4 Å². The second-order valence-corrected chi connectivity index (χ2v) is 10.2. The summed E-state index contributed by atoms with van der Waals surface area (Å²) in [4.78, 5) is 39.4. The number of anilines is 1. The van der Waals surface area contributed by atoms with Crippen LogP contribution in [0.4, 0.5) is 10.5 Å². The fourth-order valence-corrected chi connectivity index (χ4v) is 4.60. The van der Waals surface area contributed by atoms with Gasteiger partial charge in [-0.05, 0) is 49.7 Å². The molecule has 1 heterocycles. The molecule has 0 aromatic heterocycles. The highest BCUT2D eigenvalue weighted by Crippen LogP contribution is 2.29. The van der Waals surface area contributed by atoms with Gasteiger partial charge in [-0.2, -0.15) is 0 Å². The monoisotopic (exact) mass is 570 g/mol. The molecule has 1 fully saturated rings. The van der Waals surface area contributed by atoms with Crippen molar-refractivity contribution in [2.45, 2.75) is 45.9 Å². The molecule has 0 aliphatic carbocycles. The maximum Gasteiger partial charge on any atom is 0.407 e. The Labute approximate surface area is 241 Å². The van der Waals surface area contributed by atoms with E-state index in [1.54, 1.807) is 55.5 Å². The van der Waals surface area contributed by atoms with E-state index >= 15 is 0 Å². The van der Waals surface area contributed by atoms with Crippen molar-refractivity contribution in [1.82, 2.24) is 15.5 Å². The van der Waals surface area contributed by atoms with Crippen molar-refractivity contribution in [2.24, 2.45) is 5.92 Å². The highest BCUT2D eigenvalue weighted by atomic mass is 16.6. The normalized spacial score (nSPS) is 16.2. The molecule has 41 heavy (non-hydrogen) atoms. The average Bonchev–Trinajstić information content (AvgIpc) is 3.38. The third kappa shape index (κ3) is 9.65. The molecular formula is C30H42N4O7. The highest BCUT2D eigenvalue weighted by Gasteiger charge is 2.34. The molecule has 1 saturated heterocycles. The van der Waals surface area contributed by atoms with Crippen LogP contribution in [0.15, 0.2) is 42.5 Å². The van der Waals surface area contributed by atoms with Gasteiger partial charge in [0.1, 0.15) is 6.10 Å². The van der Waals surface area contributed by atoms with E-state index in [-0.39, 0.29) is 30.3 Å². The number of carbonyl (C=O) groups excluding carboxylic acids is 3. The van der Waals surface area contributed by atoms with Gasteiger partial charge in [-0.25, -0.2) is 4.79 Å². The molecule has 11 nitrogen and oxygen atoms in total. The fraction of sp³-hybridized carbons (Fsp3) is 0.500. The Morgan fingerprint density at radius 2 is 1.85 bits per heavy atom. The minimum absolute atomic E-state index is 0.0818. The molecule has 224 valence electrons. The summed E-state index contributed by atoms with van der Waals surface area (Å²) in [5, 5.41) is 8.78. The minimum atomic E-state index is -0.540. The van der Waals surface area contributed by atoms with Crippen molar-refractivity contribution in [3.05, 3.63) is 53.6 Å². The Balaban J connectivity index is 1.61. The summed E-state index contributed by atoms with van der Waals surface area (Å²) in [6.45, 7) is 8.15. The third-order valence-corrected chi connectivity index (χ3v) is 6.70.